The number of rotatable bonds is 6. The van der Waals surface area contributed by atoms with Gasteiger partial charge < -0.3 is 4.98 Å². The quantitative estimate of drug-likeness (QED) is 0.184. The Bertz CT molecular complexity index is 3530. The van der Waals surface area contributed by atoms with Gasteiger partial charge in [0.2, 0.25) is 0 Å². The molecular formula is C53H34N6. The number of para-hydroxylation sites is 3. The van der Waals surface area contributed by atoms with E-state index in [4.69, 9.17) is 9.97 Å². The van der Waals surface area contributed by atoms with Crippen molar-refractivity contribution in [1.29, 1.82) is 0 Å². The van der Waals surface area contributed by atoms with Crippen molar-refractivity contribution in [3.05, 3.63) is 201 Å². The molecule has 0 spiro atoms. The van der Waals surface area contributed by atoms with Crippen LogP contribution < -0.4 is 0 Å². The standard InChI is InChI=1S/C53H34N6/c1-2-11-34(12-3-1)35-20-23-39(24-21-35)58-49-33-38(36-26-29-54-30-27-36)31-45(52(49)57-53(58)44-16-10-15-43-40-13-4-6-17-46(40)56-51(43)44)37-22-25-42-41-14-5-7-18-47(41)59(48(42)32-37)50-19-8-9-28-55-50/h1-33,56H. The van der Waals surface area contributed by atoms with Gasteiger partial charge in [0.15, 0.2) is 0 Å². The molecule has 0 atom stereocenters. The van der Waals surface area contributed by atoms with E-state index in [1.54, 1.807) is 0 Å². The minimum Gasteiger partial charge on any atom is -0.354 e. The van der Waals surface area contributed by atoms with E-state index in [-0.39, 0.29) is 0 Å². The van der Waals surface area contributed by atoms with Gasteiger partial charge in [0.1, 0.15) is 11.6 Å². The van der Waals surface area contributed by atoms with E-state index in [1.165, 1.54) is 27.1 Å². The van der Waals surface area contributed by atoms with Gasteiger partial charge in [-0.2, -0.15) is 0 Å². The van der Waals surface area contributed by atoms with E-state index in [0.717, 1.165) is 83.8 Å². The van der Waals surface area contributed by atoms with Gasteiger partial charge in [-0.3, -0.25) is 14.1 Å². The monoisotopic (exact) mass is 754 g/mol. The molecule has 5 aromatic heterocycles. The first-order valence-electron chi connectivity index (χ1n) is 19.8. The first kappa shape index (κ1) is 33.1. The van der Waals surface area contributed by atoms with Gasteiger partial charge in [0.25, 0.3) is 0 Å². The molecule has 276 valence electrons. The summed E-state index contributed by atoms with van der Waals surface area (Å²) in [5.74, 6) is 1.74. The molecule has 0 bridgehead atoms. The molecule has 0 aliphatic carbocycles. The summed E-state index contributed by atoms with van der Waals surface area (Å²) in [7, 11) is 0. The number of imidazole rings is 1. The molecule has 6 nitrogen and oxygen atoms in total. The van der Waals surface area contributed by atoms with E-state index in [2.05, 4.69) is 189 Å². The Labute approximate surface area is 339 Å². The normalized spacial score (nSPS) is 11.7. The molecule has 0 fully saturated rings. The van der Waals surface area contributed by atoms with Crippen LogP contribution in [0.2, 0.25) is 0 Å². The lowest BCUT2D eigenvalue weighted by Gasteiger charge is -2.13. The fourth-order valence-electron chi connectivity index (χ4n) is 8.91. The fourth-order valence-corrected chi connectivity index (χ4v) is 8.91. The van der Waals surface area contributed by atoms with Gasteiger partial charge in [-0.1, -0.05) is 109 Å². The highest BCUT2D eigenvalue weighted by molar-refractivity contribution is 6.13. The molecule has 12 rings (SSSR count). The van der Waals surface area contributed by atoms with Crippen LogP contribution in [0, 0.1) is 0 Å². The summed E-state index contributed by atoms with van der Waals surface area (Å²) >= 11 is 0. The highest BCUT2D eigenvalue weighted by Crippen LogP contribution is 2.42. The Kier molecular flexibility index (Phi) is 7.43. The summed E-state index contributed by atoms with van der Waals surface area (Å²) in [6, 6.07) is 64.6. The number of nitrogens with one attached hydrogen (secondary N) is 1. The molecule has 6 heteroatoms. The van der Waals surface area contributed by atoms with Crippen LogP contribution in [0.15, 0.2) is 201 Å². The first-order valence-corrected chi connectivity index (χ1v) is 19.8. The zero-order valence-corrected chi connectivity index (χ0v) is 31.8. The number of benzene rings is 7. The molecule has 0 amide bonds. The number of nitrogens with zero attached hydrogens (tertiary/aromatic N) is 5. The third-order valence-electron chi connectivity index (χ3n) is 11.7. The molecule has 0 radical (unpaired) electrons. The SMILES string of the molecule is c1ccc(-c2ccc(-n3c(-c4cccc5c4[nH]c4ccccc45)nc4c(-c5ccc6c7ccccc7n(-c7ccccn7)c6c5)cc(-c5ccncc5)cc43)cc2)cc1. The van der Waals surface area contributed by atoms with Crippen molar-refractivity contribution in [2.75, 3.05) is 0 Å². The maximum Gasteiger partial charge on any atom is 0.147 e. The van der Waals surface area contributed by atoms with Crippen molar-refractivity contribution < 1.29 is 0 Å². The number of fused-ring (bicyclic) bond motifs is 7. The van der Waals surface area contributed by atoms with Gasteiger partial charge in [0, 0.05) is 62.5 Å². The van der Waals surface area contributed by atoms with E-state index in [9.17, 15) is 0 Å². The Morgan fingerprint density at radius 1 is 0.407 bits per heavy atom. The summed E-state index contributed by atoms with van der Waals surface area (Å²) in [4.78, 5) is 18.6. The number of hydrogen-bond acceptors (Lipinski definition) is 3. The van der Waals surface area contributed by atoms with E-state index in [1.807, 2.05) is 30.7 Å². The molecule has 0 saturated carbocycles. The predicted octanol–water partition coefficient (Wildman–Crippen LogP) is 13.2. The van der Waals surface area contributed by atoms with Gasteiger partial charge >= 0.3 is 0 Å². The summed E-state index contributed by atoms with van der Waals surface area (Å²) < 4.78 is 4.61. The Balaban J connectivity index is 1.17. The smallest absolute Gasteiger partial charge is 0.147 e. The predicted molar refractivity (Wildman–Crippen MR) is 242 cm³/mol. The molecule has 59 heavy (non-hydrogen) atoms. The summed E-state index contributed by atoms with van der Waals surface area (Å²) in [6.45, 7) is 0. The second-order valence-electron chi connectivity index (χ2n) is 15.0. The molecule has 0 saturated heterocycles. The first-order chi connectivity index (χ1) is 29.3. The zero-order chi connectivity index (χ0) is 38.9. The molecule has 0 aliphatic rings. The van der Waals surface area contributed by atoms with Crippen molar-refractivity contribution in [3.63, 3.8) is 0 Å². The van der Waals surface area contributed by atoms with Gasteiger partial charge in [-0.05, 0) is 101 Å². The lowest BCUT2D eigenvalue weighted by molar-refractivity contribution is 1.08. The summed E-state index contributed by atoms with van der Waals surface area (Å²) in [5, 5.41) is 4.72. The summed E-state index contributed by atoms with van der Waals surface area (Å²) in [5.41, 5.74) is 15.0. The molecule has 7 aromatic carbocycles. The van der Waals surface area contributed by atoms with Crippen LogP contribution in [0.5, 0.6) is 0 Å². The van der Waals surface area contributed by atoms with E-state index in [0.29, 0.717) is 0 Å². The van der Waals surface area contributed by atoms with Gasteiger partial charge in [-0.15, -0.1) is 0 Å². The highest BCUT2D eigenvalue weighted by Gasteiger charge is 2.23. The van der Waals surface area contributed by atoms with Crippen molar-refractivity contribution in [2.24, 2.45) is 0 Å². The van der Waals surface area contributed by atoms with Crippen LogP contribution in [-0.4, -0.2) is 29.1 Å². The molecule has 5 heterocycles. The average Bonchev–Trinajstić information content (AvgIpc) is 3.99. The lowest BCUT2D eigenvalue weighted by atomic mass is 9.97. The fraction of sp³-hybridized carbons (Fsp3) is 0. The zero-order valence-electron chi connectivity index (χ0n) is 31.8. The second-order valence-corrected chi connectivity index (χ2v) is 15.0. The Hall–Kier alpha value is -8.09. The molecule has 1 N–H and O–H groups in total. The van der Waals surface area contributed by atoms with Crippen molar-refractivity contribution in [2.45, 2.75) is 0 Å². The summed E-state index contributed by atoms with van der Waals surface area (Å²) in [6.07, 6.45) is 5.58. The van der Waals surface area contributed by atoms with Gasteiger partial charge in [-0.25, -0.2) is 9.97 Å². The molecule has 0 aliphatic heterocycles. The lowest BCUT2D eigenvalue weighted by Crippen LogP contribution is -1.98. The molecular weight excluding hydrogens is 721 g/mol. The van der Waals surface area contributed by atoms with Gasteiger partial charge in [0.05, 0.1) is 27.6 Å². The van der Waals surface area contributed by atoms with Crippen LogP contribution in [0.4, 0.5) is 0 Å². The largest absolute Gasteiger partial charge is 0.354 e. The Morgan fingerprint density at radius 2 is 1.10 bits per heavy atom. The van der Waals surface area contributed by atoms with Crippen molar-refractivity contribution >= 4 is 54.6 Å². The Morgan fingerprint density at radius 3 is 1.95 bits per heavy atom. The number of H-pyrrole nitrogens is 1. The van der Waals surface area contributed by atoms with E-state index < -0.39 is 0 Å². The molecule has 12 aromatic rings. The number of pyridine rings is 2. The number of aromatic nitrogens is 6. The third kappa shape index (κ3) is 5.31. The van der Waals surface area contributed by atoms with Crippen LogP contribution in [0.1, 0.15) is 0 Å². The maximum absolute atomic E-state index is 5.69. The van der Waals surface area contributed by atoms with Crippen LogP contribution in [0.25, 0.3) is 111 Å². The van der Waals surface area contributed by atoms with Crippen LogP contribution >= 0.6 is 0 Å². The molecule has 0 unspecified atom stereocenters. The second kappa shape index (κ2) is 13.3. The highest BCUT2D eigenvalue weighted by atomic mass is 15.1. The topological polar surface area (TPSA) is 64.3 Å². The minimum absolute atomic E-state index is 0.862. The minimum atomic E-state index is 0.862. The number of aromatic amines is 1. The average molecular weight is 755 g/mol. The maximum atomic E-state index is 5.69. The van der Waals surface area contributed by atoms with E-state index >= 15 is 0 Å². The van der Waals surface area contributed by atoms with Crippen LogP contribution in [0.3, 0.4) is 0 Å². The van der Waals surface area contributed by atoms with Crippen molar-refractivity contribution in [3.8, 4) is 56.3 Å². The third-order valence-corrected chi connectivity index (χ3v) is 11.7. The van der Waals surface area contributed by atoms with Crippen LogP contribution in [-0.2, 0) is 0 Å². The number of hydrogen-bond donors (Lipinski definition) is 1. The van der Waals surface area contributed by atoms with Crippen molar-refractivity contribution in [1.82, 2.24) is 29.1 Å².